The van der Waals surface area contributed by atoms with Crippen molar-refractivity contribution in [1.29, 1.82) is 0 Å². The maximum absolute atomic E-state index is 11.7. The third-order valence-electron chi connectivity index (χ3n) is 3.41. The van der Waals surface area contributed by atoms with Gasteiger partial charge < -0.3 is 9.84 Å². The number of nitrogens with zero attached hydrogens (tertiary/aromatic N) is 2. The molecule has 0 amide bonds. The van der Waals surface area contributed by atoms with Crippen molar-refractivity contribution < 1.29 is 14.6 Å². The maximum Gasteiger partial charge on any atom is 0.337 e. The number of hydrogen-bond donors (Lipinski definition) is 1. The molecule has 0 bridgehead atoms. The smallest absolute Gasteiger partial charge is 0.337 e. The first-order valence-electron chi connectivity index (χ1n) is 7.23. The van der Waals surface area contributed by atoms with Crippen LogP contribution < -0.4 is 0 Å². The third-order valence-corrected chi connectivity index (χ3v) is 3.77. The minimum Gasteiger partial charge on any atom is -0.465 e. The summed E-state index contributed by atoms with van der Waals surface area (Å²) in [5.41, 5.74) is 2.31. The summed E-state index contributed by atoms with van der Waals surface area (Å²) in [5, 5.41) is 9.85. The van der Waals surface area contributed by atoms with Crippen LogP contribution in [0.25, 0.3) is 0 Å². The number of hydrogen-bond acceptors (Lipinski definition) is 5. The van der Waals surface area contributed by atoms with Crippen LogP contribution in [0.5, 0.6) is 0 Å². The molecule has 122 valence electrons. The Labute approximate surface area is 140 Å². The SMILES string of the molecule is COC(=O)c1ccc(Cl)c(CN(CCO)Cc2cccnc2)c1. The summed E-state index contributed by atoms with van der Waals surface area (Å²) in [5.74, 6) is -0.399. The van der Waals surface area contributed by atoms with E-state index < -0.39 is 5.97 Å². The van der Waals surface area contributed by atoms with Crippen LogP contribution in [0.2, 0.25) is 5.02 Å². The number of aliphatic hydroxyl groups is 1. The van der Waals surface area contributed by atoms with Crippen LogP contribution in [0.15, 0.2) is 42.7 Å². The Morgan fingerprint density at radius 1 is 1.35 bits per heavy atom. The first-order valence-corrected chi connectivity index (χ1v) is 7.60. The Morgan fingerprint density at radius 2 is 2.17 bits per heavy atom. The molecule has 1 N–H and O–H groups in total. The van der Waals surface area contributed by atoms with E-state index in [2.05, 4.69) is 4.98 Å². The number of carbonyl (C=O) groups excluding carboxylic acids is 1. The van der Waals surface area contributed by atoms with Crippen LogP contribution in [-0.2, 0) is 17.8 Å². The van der Waals surface area contributed by atoms with E-state index in [1.807, 2.05) is 17.0 Å². The summed E-state index contributed by atoms with van der Waals surface area (Å²) >= 11 is 6.24. The van der Waals surface area contributed by atoms with Gasteiger partial charge >= 0.3 is 5.97 Å². The van der Waals surface area contributed by atoms with Crippen LogP contribution in [-0.4, -0.2) is 41.2 Å². The number of esters is 1. The zero-order chi connectivity index (χ0) is 16.7. The number of methoxy groups -OCH3 is 1. The molecular weight excluding hydrogens is 316 g/mol. The molecule has 2 rings (SSSR count). The average Bonchev–Trinajstić information content (AvgIpc) is 2.57. The van der Waals surface area contributed by atoms with Crippen LogP contribution >= 0.6 is 11.6 Å². The Hall–Kier alpha value is -1.95. The summed E-state index contributed by atoms with van der Waals surface area (Å²) in [6.45, 7) is 1.68. The first kappa shape index (κ1) is 17.4. The molecule has 0 radical (unpaired) electrons. The fourth-order valence-electron chi connectivity index (χ4n) is 2.29. The van der Waals surface area contributed by atoms with Crippen molar-refractivity contribution in [3.8, 4) is 0 Å². The molecule has 0 fully saturated rings. The number of rotatable bonds is 7. The topological polar surface area (TPSA) is 62.7 Å². The van der Waals surface area contributed by atoms with Gasteiger partial charge in [-0.25, -0.2) is 4.79 Å². The van der Waals surface area contributed by atoms with Gasteiger partial charge in [0.25, 0.3) is 0 Å². The summed E-state index contributed by atoms with van der Waals surface area (Å²) in [6, 6.07) is 8.89. The van der Waals surface area contributed by atoms with Crippen molar-refractivity contribution in [2.45, 2.75) is 13.1 Å². The van der Waals surface area contributed by atoms with Crippen molar-refractivity contribution in [2.75, 3.05) is 20.3 Å². The van der Waals surface area contributed by atoms with Gasteiger partial charge in [0.1, 0.15) is 0 Å². The fraction of sp³-hybridized carbons (Fsp3) is 0.294. The predicted octanol–water partition coefficient (Wildman–Crippen LogP) is 2.52. The van der Waals surface area contributed by atoms with Crippen LogP contribution in [0.4, 0.5) is 0 Å². The van der Waals surface area contributed by atoms with E-state index >= 15 is 0 Å². The highest BCUT2D eigenvalue weighted by molar-refractivity contribution is 6.31. The predicted molar refractivity (Wildman–Crippen MR) is 88.2 cm³/mol. The molecule has 0 aliphatic rings. The molecular formula is C17H19ClN2O3. The lowest BCUT2D eigenvalue weighted by Crippen LogP contribution is -2.26. The number of pyridine rings is 1. The van der Waals surface area contributed by atoms with E-state index in [1.165, 1.54) is 7.11 Å². The minimum absolute atomic E-state index is 0.0363. The highest BCUT2D eigenvalue weighted by atomic mass is 35.5. The van der Waals surface area contributed by atoms with Crippen LogP contribution in [0, 0.1) is 0 Å². The van der Waals surface area contributed by atoms with Gasteiger partial charge in [-0.3, -0.25) is 9.88 Å². The van der Waals surface area contributed by atoms with Crippen molar-refractivity contribution in [2.24, 2.45) is 0 Å². The molecule has 2 aromatic rings. The summed E-state index contributed by atoms with van der Waals surface area (Å²) in [6.07, 6.45) is 3.51. The zero-order valence-electron chi connectivity index (χ0n) is 12.9. The molecule has 6 heteroatoms. The van der Waals surface area contributed by atoms with E-state index in [-0.39, 0.29) is 6.61 Å². The second-order valence-electron chi connectivity index (χ2n) is 5.09. The molecule has 0 saturated carbocycles. The number of aromatic nitrogens is 1. The van der Waals surface area contributed by atoms with Crippen molar-refractivity contribution >= 4 is 17.6 Å². The molecule has 1 aromatic heterocycles. The number of carbonyl (C=O) groups is 1. The van der Waals surface area contributed by atoms with Crippen molar-refractivity contribution in [3.05, 3.63) is 64.4 Å². The van der Waals surface area contributed by atoms with Gasteiger partial charge in [0.15, 0.2) is 0 Å². The quantitative estimate of drug-likeness (QED) is 0.788. The lowest BCUT2D eigenvalue weighted by Gasteiger charge is -2.22. The Balaban J connectivity index is 2.17. The molecule has 1 aromatic carbocycles. The number of halogens is 1. The van der Waals surface area contributed by atoms with Gasteiger partial charge in [-0.1, -0.05) is 17.7 Å². The highest BCUT2D eigenvalue weighted by Gasteiger charge is 2.13. The van der Waals surface area contributed by atoms with E-state index in [1.54, 1.807) is 30.6 Å². The second-order valence-corrected chi connectivity index (χ2v) is 5.50. The van der Waals surface area contributed by atoms with Gasteiger partial charge in [-0.15, -0.1) is 0 Å². The van der Waals surface area contributed by atoms with Gasteiger partial charge in [-0.05, 0) is 35.4 Å². The fourth-order valence-corrected chi connectivity index (χ4v) is 2.46. The number of aliphatic hydroxyl groups excluding tert-OH is 1. The van der Waals surface area contributed by atoms with Gasteiger partial charge in [0.05, 0.1) is 19.3 Å². The van der Waals surface area contributed by atoms with Crippen LogP contribution in [0.1, 0.15) is 21.5 Å². The minimum atomic E-state index is -0.399. The maximum atomic E-state index is 11.7. The molecule has 0 aliphatic heterocycles. The normalized spacial score (nSPS) is 10.8. The standard InChI is InChI=1S/C17H19ClN2O3/c1-23-17(22)14-4-5-16(18)15(9-14)12-20(7-8-21)11-13-3-2-6-19-10-13/h2-6,9-10,21H,7-8,11-12H2,1H3. The molecule has 23 heavy (non-hydrogen) atoms. The van der Waals surface area contributed by atoms with Crippen molar-refractivity contribution in [3.63, 3.8) is 0 Å². The summed E-state index contributed by atoms with van der Waals surface area (Å²) in [4.78, 5) is 17.8. The Morgan fingerprint density at radius 3 is 2.83 bits per heavy atom. The number of ether oxygens (including phenoxy) is 1. The number of benzene rings is 1. The van der Waals surface area contributed by atoms with E-state index in [0.717, 1.165) is 11.1 Å². The molecule has 0 aliphatic carbocycles. The molecule has 5 nitrogen and oxygen atoms in total. The molecule has 0 unspecified atom stereocenters. The Kier molecular flexibility index (Phi) is 6.52. The third kappa shape index (κ3) is 5.03. The lowest BCUT2D eigenvalue weighted by molar-refractivity contribution is 0.0600. The van der Waals surface area contributed by atoms with Crippen molar-refractivity contribution in [1.82, 2.24) is 9.88 Å². The molecule has 0 spiro atoms. The molecule has 0 saturated heterocycles. The second kappa shape index (κ2) is 8.62. The van der Waals surface area contributed by atoms with Gasteiger partial charge in [0, 0.05) is 37.1 Å². The Bertz CT molecular complexity index is 650. The highest BCUT2D eigenvalue weighted by Crippen LogP contribution is 2.21. The average molecular weight is 335 g/mol. The summed E-state index contributed by atoms with van der Waals surface area (Å²) in [7, 11) is 1.34. The van der Waals surface area contributed by atoms with Crippen LogP contribution in [0.3, 0.4) is 0 Å². The molecule has 0 atom stereocenters. The van der Waals surface area contributed by atoms with E-state index in [4.69, 9.17) is 16.3 Å². The monoisotopic (exact) mass is 334 g/mol. The molecule has 1 heterocycles. The lowest BCUT2D eigenvalue weighted by atomic mass is 10.1. The van der Waals surface area contributed by atoms with Gasteiger partial charge in [0.2, 0.25) is 0 Å². The first-order chi connectivity index (χ1) is 11.1. The van der Waals surface area contributed by atoms with E-state index in [9.17, 15) is 9.90 Å². The zero-order valence-corrected chi connectivity index (χ0v) is 13.7. The van der Waals surface area contributed by atoms with Gasteiger partial charge in [-0.2, -0.15) is 0 Å². The summed E-state index contributed by atoms with van der Waals surface area (Å²) < 4.78 is 4.74. The largest absolute Gasteiger partial charge is 0.465 e. The van der Waals surface area contributed by atoms with E-state index in [0.29, 0.717) is 30.2 Å².